The van der Waals surface area contributed by atoms with Crippen LogP contribution in [0.5, 0.6) is 0 Å². The predicted octanol–water partition coefficient (Wildman–Crippen LogP) is 2.96. The number of rotatable bonds is 8. The van der Waals surface area contributed by atoms with Gasteiger partial charge in [-0.25, -0.2) is 0 Å². The Morgan fingerprint density at radius 2 is 2.08 bits per heavy atom. The molecule has 0 saturated heterocycles. The highest BCUT2D eigenvalue weighted by Gasteiger charge is 2.28. The molecule has 1 aromatic heterocycles. The van der Waals surface area contributed by atoms with E-state index < -0.39 is 6.04 Å². The molecule has 1 aromatic rings. The predicted molar refractivity (Wildman–Crippen MR) is 96.6 cm³/mol. The van der Waals surface area contributed by atoms with E-state index in [0.717, 1.165) is 31.4 Å². The molecule has 2 N–H and O–H groups in total. The van der Waals surface area contributed by atoms with Crippen molar-refractivity contribution in [3.8, 4) is 0 Å². The standard InChI is InChI=1S/C18H28N2O3S/c1-13-5-7-14(8-6-13)17(21)20-16(9-11-24-2)18(22)19-12-15-4-3-10-23-15/h3-4,10,13-14,16H,5-9,11-12H2,1-2H3,(H,19,22)(H,20,21)/t13?,14?,16-/m0/s1. The first-order valence-corrected chi connectivity index (χ1v) is 10.1. The molecule has 1 heterocycles. The monoisotopic (exact) mass is 352 g/mol. The molecule has 1 saturated carbocycles. The van der Waals surface area contributed by atoms with Crippen molar-refractivity contribution < 1.29 is 14.0 Å². The lowest BCUT2D eigenvalue weighted by Gasteiger charge is -2.27. The summed E-state index contributed by atoms with van der Waals surface area (Å²) < 4.78 is 5.22. The van der Waals surface area contributed by atoms with Gasteiger partial charge in [-0.15, -0.1) is 0 Å². The fraction of sp³-hybridized carbons (Fsp3) is 0.667. The zero-order valence-corrected chi connectivity index (χ0v) is 15.4. The second-order valence-corrected chi connectivity index (χ2v) is 7.58. The third-order valence-corrected chi connectivity index (χ3v) is 5.29. The molecule has 1 aliphatic carbocycles. The lowest BCUT2D eigenvalue weighted by Crippen LogP contribution is -2.49. The van der Waals surface area contributed by atoms with Crippen LogP contribution in [0.2, 0.25) is 0 Å². The van der Waals surface area contributed by atoms with Crippen molar-refractivity contribution in [2.75, 3.05) is 12.0 Å². The van der Waals surface area contributed by atoms with Gasteiger partial charge in [0.2, 0.25) is 11.8 Å². The molecular formula is C18H28N2O3S. The van der Waals surface area contributed by atoms with E-state index in [1.807, 2.05) is 12.3 Å². The summed E-state index contributed by atoms with van der Waals surface area (Å²) in [6, 6.07) is 3.14. The molecule has 0 bridgehead atoms. The van der Waals surface area contributed by atoms with Gasteiger partial charge in [0.1, 0.15) is 11.8 Å². The van der Waals surface area contributed by atoms with E-state index in [9.17, 15) is 9.59 Å². The quantitative estimate of drug-likeness (QED) is 0.754. The summed E-state index contributed by atoms with van der Waals surface area (Å²) in [6.45, 7) is 2.58. The van der Waals surface area contributed by atoms with Crippen molar-refractivity contribution in [2.45, 2.75) is 51.6 Å². The summed E-state index contributed by atoms with van der Waals surface area (Å²) in [7, 11) is 0. The molecule has 6 heteroatoms. The molecule has 0 aliphatic heterocycles. The van der Waals surface area contributed by atoms with Gasteiger partial charge < -0.3 is 15.1 Å². The molecule has 1 aliphatic rings. The second-order valence-electron chi connectivity index (χ2n) is 6.60. The Kier molecular flexibility index (Phi) is 7.69. The van der Waals surface area contributed by atoms with Gasteiger partial charge in [0.15, 0.2) is 0 Å². The van der Waals surface area contributed by atoms with E-state index >= 15 is 0 Å². The minimum atomic E-state index is -0.473. The van der Waals surface area contributed by atoms with Crippen LogP contribution in [0.3, 0.4) is 0 Å². The van der Waals surface area contributed by atoms with Gasteiger partial charge in [-0.1, -0.05) is 6.92 Å². The third-order valence-electron chi connectivity index (χ3n) is 4.65. The van der Waals surface area contributed by atoms with Crippen LogP contribution in [0.4, 0.5) is 0 Å². The normalized spacial score (nSPS) is 21.9. The van der Waals surface area contributed by atoms with Crippen molar-refractivity contribution in [2.24, 2.45) is 11.8 Å². The maximum atomic E-state index is 12.5. The number of nitrogens with one attached hydrogen (secondary N) is 2. The van der Waals surface area contributed by atoms with E-state index in [2.05, 4.69) is 17.6 Å². The molecule has 0 radical (unpaired) electrons. The lowest BCUT2D eigenvalue weighted by molar-refractivity contribution is -0.132. The molecular weight excluding hydrogens is 324 g/mol. The largest absolute Gasteiger partial charge is 0.467 e. The molecule has 134 valence electrons. The highest BCUT2D eigenvalue weighted by Crippen LogP contribution is 2.28. The fourth-order valence-electron chi connectivity index (χ4n) is 3.03. The molecule has 24 heavy (non-hydrogen) atoms. The van der Waals surface area contributed by atoms with Gasteiger partial charge in [-0.3, -0.25) is 9.59 Å². The third kappa shape index (κ3) is 5.89. The summed E-state index contributed by atoms with van der Waals surface area (Å²) in [5.74, 6) is 2.19. The minimum absolute atomic E-state index is 0.0288. The average Bonchev–Trinajstić information content (AvgIpc) is 3.10. The van der Waals surface area contributed by atoms with E-state index in [4.69, 9.17) is 4.42 Å². The van der Waals surface area contributed by atoms with Gasteiger partial charge in [0.25, 0.3) is 0 Å². The molecule has 5 nitrogen and oxygen atoms in total. The van der Waals surface area contributed by atoms with Crippen LogP contribution in [0.1, 0.15) is 44.8 Å². The lowest BCUT2D eigenvalue weighted by atomic mass is 9.82. The first kappa shape index (κ1) is 18.9. The zero-order valence-electron chi connectivity index (χ0n) is 14.5. The van der Waals surface area contributed by atoms with Crippen molar-refractivity contribution in [1.82, 2.24) is 10.6 Å². The highest BCUT2D eigenvalue weighted by molar-refractivity contribution is 7.98. The molecule has 0 spiro atoms. The van der Waals surface area contributed by atoms with Crippen LogP contribution >= 0.6 is 11.8 Å². The summed E-state index contributed by atoms with van der Waals surface area (Å²) in [6.07, 6.45) is 8.27. The molecule has 2 amide bonds. The van der Waals surface area contributed by atoms with Crippen LogP contribution < -0.4 is 10.6 Å². The zero-order chi connectivity index (χ0) is 17.4. The summed E-state index contributed by atoms with van der Waals surface area (Å²) in [5, 5.41) is 5.82. The maximum Gasteiger partial charge on any atom is 0.242 e. The first-order valence-electron chi connectivity index (χ1n) is 8.69. The number of hydrogen-bond acceptors (Lipinski definition) is 4. The van der Waals surface area contributed by atoms with Crippen LogP contribution in [-0.4, -0.2) is 29.9 Å². The summed E-state index contributed by atoms with van der Waals surface area (Å²) >= 11 is 1.68. The van der Waals surface area contributed by atoms with Gasteiger partial charge in [-0.05, 0) is 62.2 Å². The molecule has 0 aromatic carbocycles. The Balaban J connectivity index is 1.86. The van der Waals surface area contributed by atoms with Gasteiger partial charge in [0, 0.05) is 5.92 Å². The first-order chi connectivity index (χ1) is 11.6. The average molecular weight is 353 g/mol. The number of hydrogen-bond donors (Lipinski definition) is 2. The smallest absolute Gasteiger partial charge is 0.242 e. The summed E-state index contributed by atoms with van der Waals surface area (Å²) in [4.78, 5) is 24.9. The van der Waals surface area contributed by atoms with Crippen molar-refractivity contribution in [3.05, 3.63) is 24.2 Å². The Morgan fingerprint density at radius 1 is 1.33 bits per heavy atom. The van der Waals surface area contributed by atoms with E-state index in [-0.39, 0.29) is 17.7 Å². The number of carbonyl (C=O) groups is 2. The van der Waals surface area contributed by atoms with E-state index in [1.165, 1.54) is 0 Å². The van der Waals surface area contributed by atoms with Crippen molar-refractivity contribution >= 4 is 23.6 Å². The Labute approximate surface area is 148 Å². The Bertz CT molecular complexity index is 510. The maximum absolute atomic E-state index is 12.5. The Morgan fingerprint density at radius 3 is 2.71 bits per heavy atom. The van der Waals surface area contributed by atoms with Gasteiger partial charge >= 0.3 is 0 Å². The topological polar surface area (TPSA) is 71.3 Å². The minimum Gasteiger partial charge on any atom is -0.467 e. The summed E-state index contributed by atoms with van der Waals surface area (Å²) in [5.41, 5.74) is 0. The fourth-order valence-corrected chi connectivity index (χ4v) is 3.50. The number of carbonyl (C=O) groups excluding carboxylic acids is 2. The van der Waals surface area contributed by atoms with Crippen LogP contribution in [-0.2, 0) is 16.1 Å². The molecule has 1 fully saturated rings. The van der Waals surface area contributed by atoms with Crippen molar-refractivity contribution in [3.63, 3.8) is 0 Å². The van der Waals surface area contributed by atoms with E-state index in [1.54, 1.807) is 24.1 Å². The molecule has 2 rings (SSSR count). The SMILES string of the molecule is CSCC[C@H](NC(=O)C1CCC(C)CC1)C(=O)NCc1ccco1. The van der Waals surface area contributed by atoms with Gasteiger partial charge in [0.05, 0.1) is 12.8 Å². The second kappa shape index (κ2) is 9.77. The van der Waals surface area contributed by atoms with Gasteiger partial charge in [-0.2, -0.15) is 11.8 Å². The van der Waals surface area contributed by atoms with Crippen LogP contribution in [0, 0.1) is 11.8 Å². The van der Waals surface area contributed by atoms with E-state index in [0.29, 0.717) is 24.6 Å². The van der Waals surface area contributed by atoms with Crippen LogP contribution in [0.25, 0.3) is 0 Å². The Hall–Kier alpha value is -1.43. The molecule has 0 unspecified atom stereocenters. The van der Waals surface area contributed by atoms with Crippen molar-refractivity contribution in [1.29, 1.82) is 0 Å². The number of thioether (sulfide) groups is 1. The highest BCUT2D eigenvalue weighted by atomic mass is 32.2. The number of furan rings is 1. The molecule has 1 atom stereocenters. The van der Waals surface area contributed by atoms with Crippen LogP contribution in [0.15, 0.2) is 22.8 Å². The number of amides is 2.